The molecule has 96 valence electrons. The first-order valence-corrected chi connectivity index (χ1v) is 5.60. The third-order valence-corrected chi connectivity index (χ3v) is 2.80. The van der Waals surface area contributed by atoms with E-state index in [1.165, 1.54) is 19.2 Å². The van der Waals surface area contributed by atoms with Gasteiger partial charge in [0.15, 0.2) is 5.75 Å². The number of ether oxygens (including phenoxy) is 1. The molecule has 0 saturated carbocycles. The van der Waals surface area contributed by atoms with Gasteiger partial charge in [0, 0.05) is 13.5 Å². The van der Waals surface area contributed by atoms with Crippen LogP contribution in [0.4, 0.5) is 4.39 Å². The largest absolute Gasteiger partial charge is 0.493 e. The highest BCUT2D eigenvalue weighted by Crippen LogP contribution is 2.26. The van der Waals surface area contributed by atoms with E-state index >= 15 is 0 Å². The maximum atomic E-state index is 13.1. The van der Waals surface area contributed by atoms with Gasteiger partial charge < -0.3 is 9.84 Å². The fourth-order valence-corrected chi connectivity index (χ4v) is 1.95. The van der Waals surface area contributed by atoms with Crippen LogP contribution in [0.5, 0.6) is 5.75 Å². The van der Waals surface area contributed by atoms with Crippen molar-refractivity contribution >= 4 is 0 Å². The number of aliphatic hydroxyl groups is 1. The molecule has 0 spiro atoms. The molecule has 0 radical (unpaired) electrons. The zero-order chi connectivity index (χ0) is 13.1. The van der Waals surface area contributed by atoms with Gasteiger partial charge in [-0.25, -0.2) is 4.39 Å². The van der Waals surface area contributed by atoms with Crippen LogP contribution in [0.3, 0.4) is 0 Å². The standard InChI is InChI=1S/C13H15FN2O2/c1-16-13(12(18-2)8-15-16)11(17)7-9-4-3-5-10(14)6-9/h3-6,8,11,17H,7H2,1-2H3. The monoisotopic (exact) mass is 250 g/mol. The van der Waals surface area contributed by atoms with Crippen LogP contribution < -0.4 is 4.74 Å². The van der Waals surface area contributed by atoms with E-state index in [0.717, 1.165) is 5.56 Å². The van der Waals surface area contributed by atoms with E-state index in [-0.39, 0.29) is 5.82 Å². The van der Waals surface area contributed by atoms with Crippen molar-refractivity contribution in [1.82, 2.24) is 9.78 Å². The van der Waals surface area contributed by atoms with Gasteiger partial charge in [-0.3, -0.25) is 4.68 Å². The second kappa shape index (κ2) is 5.18. The average Bonchev–Trinajstić information content (AvgIpc) is 2.70. The van der Waals surface area contributed by atoms with Crippen molar-refractivity contribution < 1.29 is 14.2 Å². The first kappa shape index (κ1) is 12.6. The average molecular weight is 250 g/mol. The minimum Gasteiger partial charge on any atom is -0.493 e. The Kier molecular flexibility index (Phi) is 3.62. The number of rotatable bonds is 4. The Morgan fingerprint density at radius 2 is 2.28 bits per heavy atom. The van der Waals surface area contributed by atoms with Crippen molar-refractivity contribution in [2.45, 2.75) is 12.5 Å². The molecule has 0 saturated heterocycles. The van der Waals surface area contributed by atoms with Gasteiger partial charge in [0.1, 0.15) is 17.6 Å². The fraction of sp³-hybridized carbons (Fsp3) is 0.308. The maximum Gasteiger partial charge on any atom is 0.162 e. The number of aryl methyl sites for hydroxylation is 1. The van der Waals surface area contributed by atoms with Crippen LogP contribution in [0.25, 0.3) is 0 Å². The summed E-state index contributed by atoms with van der Waals surface area (Å²) < 4.78 is 19.8. The summed E-state index contributed by atoms with van der Waals surface area (Å²) in [6, 6.07) is 6.18. The van der Waals surface area contributed by atoms with E-state index in [9.17, 15) is 9.50 Å². The summed E-state index contributed by atoms with van der Waals surface area (Å²) in [7, 11) is 3.25. The van der Waals surface area contributed by atoms with E-state index in [1.807, 2.05) is 0 Å². The molecule has 1 heterocycles. The lowest BCUT2D eigenvalue weighted by Crippen LogP contribution is -2.09. The van der Waals surface area contributed by atoms with Gasteiger partial charge in [-0.15, -0.1) is 0 Å². The molecular weight excluding hydrogens is 235 g/mol. The molecule has 0 aliphatic carbocycles. The lowest BCUT2D eigenvalue weighted by molar-refractivity contribution is 0.164. The van der Waals surface area contributed by atoms with Crippen LogP contribution in [-0.2, 0) is 13.5 Å². The Labute approximate surface area is 105 Å². The molecule has 1 aromatic carbocycles. The van der Waals surface area contributed by atoms with E-state index < -0.39 is 6.10 Å². The Morgan fingerprint density at radius 1 is 1.50 bits per heavy atom. The highest BCUT2D eigenvalue weighted by molar-refractivity contribution is 5.29. The maximum absolute atomic E-state index is 13.1. The minimum absolute atomic E-state index is 0.309. The number of methoxy groups -OCH3 is 1. The van der Waals surface area contributed by atoms with Crippen LogP contribution in [0, 0.1) is 5.82 Å². The van der Waals surface area contributed by atoms with E-state index in [1.54, 1.807) is 30.1 Å². The van der Waals surface area contributed by atoms with Gasteiger partial charge in [-0.2, -0.15) is 5.10 Å². The predicted molar refractivity (Wildman–Crippen MR) is 64.8 cm³/mol. The molecule has 1 aromatic heterocycles. The van der Waals surface area contributed by atoms with Crippen LogP contribution in [-0.4, -0.2) is 22.0 Å². The van der Waals surface area contributed by atoms with Gasteiger partial charge in [0.05, 0.1) is 13.3 Å². The van der Waals surface area contributed by atoms with Gasteiger partial charge in [-0.1, -0.05) is 12.1 Å². The summed E-state index contributed by atoms with van der Waals surface area (Å²) >= 11 is 0. The van der Waals surface area contributed by atoms with Gasteiger partial charge in [-0.05, 0) is 17.7 Å². The van der Waals surface area contributed by atoms with Crippen molar-refractivity contribution in [1.29, 1.82) is 0 Å². The molecule has 0 fully saturated rings. The summed E-state index contributed by atoms with van der Waals surface area (Å²) in [6.07, 6.45) is 1.08. The Morgan fingerprint density at radius 3 is 2.94 bits per heavy atom. The molecule has 1 atom stereocenters. The fourth-order valence-electron chi connectivity index (χ4n) is 1.95. The number of benzene rings is 1. The predicted octanol–water partition coefficient (Wildman–Crippen LogP) is 1.84. The molecule has 18 heavy (non-hydrogen) atoms. The van der Waals surface area contributed by atoms with Gasteiger partial charge in [0.25, 0.3) is 0 Å². The van der Waals surface area contributed by atoms with Crippen LogP contribution in [0.15, 0.2) is 30.5 Å². The Hall–Kier alpha value is -1.88. The number of aromatic nitrogens is 2. The van der Waals surface area contributed by atoms with E-state index in [4.69, 9.17) is 4.74 Å². The zero-order valence-corrected chi connectivity index (χ0v) is 10.3. The summed E-state index contributed by atoms with van der Waals surface area (Å²) in [5.41, 5.74) is 1.31. The number of aliphatic hydroxyl groups excluding tert-OH is 1. The Bertz CT molecular complexity index is 540. The van der Waals surface area contributed by atoms with Gasteiger partial charge >= 0.3 is 0 Å². The first-order valence-electron chi connectivity index (χ1n) is 5.60. The first-order chi connectivity index (χ1) is 8.61. The van der Waals surface area contributed by atoms with Crippen molar-refractivity contribution in [3.8, 4) is 5.75 Å². The summed E-state index contributed by atoms with van der Waals surface area (Å²) in [5, 5.41) is 14.2. The normalized spacial score (nSPS) is 12.4. The molecule has 0 amide bonds. The highest BCUT2D eigenvalue weighted by atomic mass is 19.1. The second-order valence-corrected chi connectivity index (χ2v) is 4.07. The second-order valence-electron chi connectivity index (χ2n) is 4.07. The molecule has 0 aliphatic heterocycles. The highest BCUT2D eigenvalue weighted by Gasteiger charge is 2.18. The lowest BCUT2D eigenvalue weighted by atomic mass is 10.1. The Balaban J connectivity index is 2.21. The summed E-state index contributed by atoms with van der Waals surface area (Å²) in [6.45, 7) is 0. The quantitative estimate of drug-likeness (QED) is 0.900. The van der Waals surface area contributed by atoms with Crippen molar-refractivity contribution in [3.63, 3.8) is 0 Å². The molecule has 0 aliphatic rings. The third kappa shape index (κ3) is 2.51. The summed E-state index contributed by atoms with van der Waals surface area (Å²) in [5.74, 6) is 0.220. The molecule has 4 nitrogen and oxygen atoms in total. The van der Waals surface area contributed by atoms with Crippen LogP contribution >= 0.6 is 0 Å². The van der Waals surface area contributed by atoms with Crippen LogP contribution in [0.1, 0.15) is 17.4 Å². The molecular formula is C13H15FN2O2. The molecule has 1 N–H and O–H groups in total. The summed E-state index contributed by atoms with van der Waals surface area (Å²) in [4.78, 5) is 0. The lowest BCUT2D eigenvalue weighted by Gasteiger charge is -2.13. The topological polar surface area (TPSA) is 47.3 Å². The van der Waals surface area contributed by atoms with Crippen molar-refractivity contribution in [2.24, 2.45) is 7.05 Å². The van der Waals surface area contributed by atoms with Crippen molar-refractivity contribution in [3.05, 3.63) is 47.5 Å². The molecule has 5 heteroatoms. The van der Waals surface area contributed by atoms with Gasteiger partial charge in [0.2, 0.25) is 0 Å². The van der Waals surface area contributed by atoms with Crippen molar-refractivity contribution in [2.75, 3.05) is 7.11 Å². The number of halogens is 1. The number of hydrogen-bond acceptors (Lipinski definition) is 3. The smallest absolute Gasteiger partial charge is 0.162 e. The number of hydrogen-bond donors (Lipinski definition) is 1. The SMILES string of the molecule is COc1cnn(C)c1C(O)Cc1cccc(F)c1. The van der Waals surface area contributed by atoms with E-state index in [2.05, 4.69) is 5.10 Å². The molecule has 0 bridgehead atoms. The molecule has 1 unspecified atom stereocenters. The molecule has 2 aromatic rings. The number of nitrogens with zero attached hydrogens (tertiary/aromatic N) is 2. The van der Waals surface area contributed by atoms with E-state index in [0.29, 0.717) is 17.9 Å². The van der Waals surface area contributed by atoms with Crippen LogP contribution in [0.2, 0.25) is 0 Å². The molecule has 2 rings (SSSR count). The third-order valence-electron chi connectivity index (χ3n) is 2.80. The minimum atomic E-state index is -0.783. The zero-order valence-electron chi connectivity index (χ0n) is 10.3.